The Morgan fingerprint density at radius 2 is 0.600 bits per heavy atom. The molecule has 4 aliphatic rings. The van der Waals surface area contributed by atoms with E-state index in [1.54, 1.807) is 11.1 Å². The van der Waals surface area contributed by atoms with Gasteiger partial charge in [0.1, 0.15) is 21.2 Å². The Hall–Kier alpha value is 0.160. The van der Waals surface area contributed by atoms with E-state index in [1.807, 2.05) is 21.2 Å². The number of benzene rings is 2. The molecule has 0 unspecified atom stereocenters. The van der Waals surface area contributed by atoms with Crippen molar-refractivity contribution in [2.75, 3.05) is 26.7 Å². The van der Waals surface area contributed by atoms with E-state index in [2.05, 4.69) is 118 Å². The third-order valence-corrected chi connectivity index (χ3v) is 38.6. The Bertz CT molecular complexity index is 1260. The summed E-state index contributed by atoms with van der Waals surface area (Å²) in [5.41, 5.74) is 10.1. The third kappa shape index (κ3) is 5.26. The average molecular weight is 685 g/mol. The Balaban J connectivity index is 1.47. The van der Waals surface area contributed by atoms with E-state index >= 15 is 0 Å². The van der Waals surface area contributed by atoms with Crippen molar-refractivity contribution in [3.63, 3.8) is 0 Å². The van der Waals surface area contributed by atoms with Gasteiger partial charge in [0.05, 0.1) is 101 Å². The fourth-order valence-electron chi connectivity index (χ4n) is 10.9. The molecule has 0 amide bonds. The molecular formula is C41H68P4+4. The largest absolute Gasteiger partial charge is 0.136 e. The highest BCUT2D eigenvalue weighted by Crippen LogP contribution is 2.75. The molecule has 0 nitrogen and oxygen atoms in total. The van der Waals surface area contributed by atoms with E-state index in [-0.39, 0.29) is 0 Å². The molecule has 0 radical (unpaired) electrons. The molecule has 2 aromatic carbocycles. The zero-order valence-electron chi connectivity index (χ0n) is 31.2. The van der Waals surface area contributed by atoms with Crippen molar-refractivity contribution in [3.8, 4) is 0 Å². The highest BCUT2D eigenvalue weighted by atomic mass is 31.2. The second-order valence-corrected chi connectivity index (χ2v) is 35.7. The summed E-state index contributed by atoms with van der Waals surface area (Å²) in [5, 5.41) is 7.45. The predicted octanol–water partition coefficient (Wildman–Crippen LogP) is 10.7. The van der Waals surface area contributed by atoms with Gasteiger partial charge >= 0.3 is 0 Å². The van der Waals surface area contributed by atoms with Crippen molar-refractivity contribution >= 4 is 50.3 Å². The molecule has 2 aromatic rings. The summed E-state index contributed by atoms with van der Waals surface area (Å²) in [5.74, 6) is 0. The first kappa shape index (κ1) is 35.0. The second kappa shape index (κ2) is 12.5. The molecule has 4 heteroatoms. The molecule has 0 bridgehead atoms. The highest BCUT2D eigenvalue weighted by molar-refractivity contribution is 7.90. The monoisotopic (exact) mass is 684 g/mol. The first-order valence-electron chi connectivity index (χ1n) is 18.8. The molecule has 0 spiro atoms. The van der Waals surface area contributed by atoms with Crippen molar-refractivity contribution < 1.29 is 0 Å². The van der Waals surface area contributed by atoms with Crippen molar-refractivity contribution in [2.45, 2.75) is 158 Å². The molecule has 45 heavy (non-hydrogen) atoms. The highest BCUT2D eigenvalue weighted by Gasteiger charge is 2.60. The lowest BCUT2D eigenvalue weighted by Crippen LogP contribution is -2.38. The van der Waals surface area contributed by atoms with Gasteiger partial charge in [0.15, 0.2) is 0 Å². The second-order valence-electron chi connectivity index (χ2n) is 17.5. The maximum Gasteiger partial charge on any atom is 0.136 e. The lowest BCUT2D eigenvalue weighted by atomic mass is 10.1. The van der Waals surface area contributed by atoms with Gasteiger partial charge in [-0.15, -0.1) is 0 Å². The van der Waals surface area contributed by atoms with Crippen LogP contribution in [0.25, 0.3) is 0 Å². The summed E-state index contributed by atoms with van der Waals surface area (Å²) in [7, 11) is -4.85. The quantitative estimate of drug-likeness (QED) is 0.266. The van der Waals surface area contributed by atoms with Crippen molar-refractivity contribution in [3.05, 3.63) is 47.5 Å². The summed E-state index contributed by atoms with van der Waals surface area (Å²) in [6.07, 6.45) is 12.5. The van der Waals surface area contributed by atoms with Crippen molar-refractivity contribution in [1.82, 2.24) is 0 Å². The van der Waals surface area contributed by atoms with Gasteiger partial charge in [0, 0.05) is 0 Å². The van der Waals surface area contributed by atoms with Crippen LogP contribution in [0.15, 0.2) is 36.4 Å². The van der Waals surface area contributed by atoms with E-state index in [9.17, 15) is 0 Å². The van der Waals surface area contributed by atoms with E-state index in [0.29, 0.717) is 0 Å². The summed E-state index contributed by atoms with van der Waals surface area (Å²) in [6, 6.07) is 16.2. The summed E-state index contributed by atoms with van der Waals surface area (Å²) < 4.78 is 0. The summed E-state index contributed by atoms with van der Waals surface area (Å²) in [6.45, 7) is 31.9. The molecule has 8 atom stereocenters. The molecule has 4 saturated heterocycles. The van der Waals surface area contributed by atoms with E-state index in [1.165, 1.54) is 51.4 Å². The van der Waals surface area contributed by atoms with Gasteiger partial charge in [-0.1, -0.05) is 12.1 Å². The zero-order valence-corrected chi connectivity index (χ0v) is 34.8. The first-order chi connectivity index (χ1) is 21.1. The molecule has 0 saturated carbocycles. The lowest BCUT2D eigenvalue weighted by Gasteiger charge is -2.34. The fraction of sp³-hybridized carbons (Fsp3) is 0.707. The van der Waals surface area contributed by atoms with Crippen LogP contribution in [0.2, 0.25) is 0 Å². The number of hydrogen-bond donors (Lipinski definition) is 0. The van der Waals surface area contributed by atoms with Gasteiger partial charge in [-0.3, -0.25) is 0 Å². The van der Waals surface area contributed by atoms with Gasteiger partial charge in [-0.2, -0.15) is 0 Å². The van der Waals surface area contributed by atoms with Crippen LogP contribution in [0.5, 0.6) is 0 Å². The van der Waals surface area contributed by atoms with Crippen LogP contribution in [0.4, 0.5) is 0 Å². The van der Waals surface area contributed by atoms with Gasteiger partial charge in [-0.25, -0.2) is 0 Å². The van der Waals surface area contributed by atoms with E-state index in [0.717, 1.165) is 51.7 Å². The van der Waals surface area contributed by atoms with Crippen molar-refractivity contribution in [2.24, 2.45) is 0 Å². The Morgan fingerprint density at radius 3 is 0.844 bits per heavy atom. The lowest BCUT2D eigenvalue weighted by molar-refractivity contribution is 0.777. The summed E-state index contributed by atoms with van der Waals surface area (Å²) in [4.78, 5) is 0. The molecule has 4 aliphatic heterocycles. The topological polar surface area (TPSA) is 0 Å². The molecule has 248 valence electrons. The molecule has 6 rings (SSSR count). The SMILES string of the molecule is C[C@@H]1CC[C@@H](C)[P+]1(C)c1ccc(Cc2ccc([P+]3(C)[C@@H](C)CC[C@@H]3C)c([P+]3(C)[C@@H](C)CC[C@@H]3C)c2)cc1[P+]1(C)[C@H](C)CC[C@H]1C. The predicted molar refractivity (Wildman–Crippen MR) is 218 cm³/mol. The standard InChI is InChI=1S/C41H68P4/c1-28-13-14-29(2)42(28,9)38-23-21-36(26-40(38)44(11)32(5)17-18-33(44)6)25-37-22-24-39(43(10)30(3)15-16-31(43)4)41(27-37)45(12)34(7)19-20-35(45)8/h21-24,26-35H,13-20,25H2,1-12H3/q+4/t28-,29-,30+,31+,32-,33-,34+,35+. The smallest absolute Gasteiger partial charge is 0.0545 e. The Kier molecular flexibility index (Phi) is 9.71. The molecule has 4 heterocycles. The van der Waals surface area contributed by atoms with E-state index < -0.39 is 29.0 Å². The maximum atomic E-state index is 2.81. The minimum absolute atomic E-state index is 0.863. The number of hydrogen-bond acceptors (Lipinski definition) is 0. The van der Waals surface area contributed by atoms with Gasteiger partial charge in [-0.05, 0) is 149 Å². The maximum absolute atomic E-state index is 2.81. The molecule has 0 aromatic heterocycles. The van der Waals surface area contributed by atoms with Crippen LogP contribution in [-0.4, -0.2) is 71.9 Å². The van der Waals surface area contributed by atoms with Crippen LogP contribution in [0.1, 0.15) is 118 Å². The van der Waals surface area contributed by atoms with Gasteiger partial charge < -0.3 is 0 Å². The summed E-state index contributed by atoms with van der Waals surface area (Å²) >= 11 is 0. The van der Waals surface area contributed by atoms with Crippen LogP contribution >= 0.6 is 29.0 Å². The fourth-order valence-corrected chi connectivity index (χ4v) is 30.2. The van der Waals surface area contributed by atoms with Crippen LogP contribution < -0.4 is 21.2 Å². The Labute approximate surface area is 281 Å². The minimum Gasteiger partial charge on any atom is -0.0545 e. The molecule has 4 fully saturated rings. The van der Waals surface area contributed by atoms with E-state index in [4.69, 9.17) is 0 Å². The van der Waals surface area contributed by atoms with Crippen LogP contribution in [0.3, 0.4) is 0 Å². The molecule has 0 aliphatic carbocycles. The normalized spacial score (nSPS) is 36.5. The average Bonchev–Trinajstić information content (AvgIpc) is 3.65. The number of rotatable bonds is 6. The van der Waals surface area contributed by atoms with Crippen LogP contribution in [-0.2, 0) is 6.42 Å². The molecule has 0 N–H and O–H groups in total. The molecular weight excluding hydrogens is 616 g/mol. The van der Waals surface area contributed by atoms with Crippen molar-refractivity contribution in [1.29, 1.82) is 0 Å². The Morgan fingerprint density at radius 1 is 0.378 bits per heavy atom. The zero-order chi connectivity index (χ0) is 32.7. The minimum atomic E-state index is -1.23. The first-order valence-corrected chi connectivity index (χ1v) is 28.3. The van der Waals surface area contributed by atoms with Gasteiger partial charge in [0.2, 0.25) is 0 Å². The third-order valence-electron chi connectivity index (χ3n) is 15.9. The van der Waals surface area contributed by atoms with Crippen LogP contribution in [0, 0.1) is 0 Å². The van der Waals surface area contributed by atoms with Gasteiger partial charge in [0.25, 0.3) is 0 Å².